The highest BCUT2D eigenvalue weighted by Gasteiger charge is 2.10. The lowest BCUT2D eigenvalue weighted by atomic mass is 9.99. The predicted molar refractivity (Wildman–Crippen MR) is 149 cm³/mol. The largest absolute Gasteiger partial charge is 0.306 e. The highest BCUT2D eigenvalue weighted by Crippen LogP contribution is 2.17. The quantitative estimate of drug-likeness (QED) is 0.0993. The van der Waals surface area contributed by atoms with Gasteiger partial charge in [0.1, 0.15) is 0 Å². The van der Waals surface area contributed by atoms with Crippen LogP contribution in [0.2, 0.25) is 0 Å². The van der Waals surface area contributed by atoms with E-state index in [2.05, 4.69) is 57.1 Å². The summed E-state index contributed by atoms with van der Waals surface area (Å²) in [7, 11) is 4.56. The third-order valence-electron chi connectivity index (χ3n) is 6.86. The van der Waals surface area contributed by atoms with Crippen molar-refractivity contribution in [2.24, 2.45) is 0 Å². The zero-order chi connectivity index (χ0) is 23.5. The Morgan fingerprint density at radius 2 is 0.844 bits per heavy atom. The van der Waals surface area contributed by atoms with E-state index in [1.54, 1.807) is 0 Å². The van der Waals surface area contributed by atoms with Crippen molar-refractivity contribution < 1.29 is 0 Å². The fraction of sp³-hybridized carbons (Fsp3) is 0.871. The van der Waals surface area contributed by atoms with Gasteiger partial charge in [0, 0.05) is 6.04 Å². The average Bonchev–Trinajstić information content (AvgIpc) is 2.78. The van der Waals surface area contributed by atoms with Crippen LogP contribution in [0, 0.1) is 0 Å². The topological polar surface area (TPSA) is 3.24 Å². The van der Waals surface area contributed by atoms with E-state index in [1.807, 2.05) is 0 Å². The first-order chi connectivity index (χ1) is 15.7. The Morgan fingerprint density at radius 1 is 0.469 bits per heavy atom. The molecule has 0 bridgehead atoms. The van der Waals surface area contributed by atoms with E-state index >= 15 is 0 Å². The van der Waals surface area contributed by atoms with Crippen LogP contribution in [0.1, 0.15) is 155 Å². The molecule has 0 aromatic rings. The van der Waals surface area contributed by atoms with Gasteiger partial charge in [-0.2, -0.15) is 0 Å². The van der Waals surface area contributed by atoms with E-state index in [4.69, 9.17) is 0 Å². The standard InChI is InChI=1S/C31H61N/c1-5-7-9-11-13-14-15-16-17-18-19-20-21-22-24-26-28-30-31(32(3)4)29-27-25-23-12-10-8-6-2/h13-14,16-17,31H,5-12,15,18-30H2,1-4H3/b14-13+,17-16+. The van der Waals surface area contributed by atoms with Crippen LogP contribution in [-0.2, 0) is 0 Å². The molecule has 1 atom stereocenters. The van der Waals surface area contributed by atoms with Crippen molar-refractivity contribution in [3.05, 3.63) is 24.3 Å². The minimum atomic E-state index is 0.809. The van der Waals surface area contributed by atoms with Gasteiger partial charge in [0.15, 0.2) is 0 Å². The molecule has 190 valence electrons. The lowest BCUT2D eigenvalue weighted by Gasteiger charge is -2.24. The summed E-state index contributed by atoms with van der Waals surface area (Å²) in [5.41, 5.74) is 0. The van der Waals surface area contributed by atoms with Gasteiger partial charge in [0.05, 0.1) is 0 Å². The first-order valence-electron chi connectivity index (χ1n) is 14.7. The van der Waals surface area contributed by atoms with Crippen molar-refractivity contribution in [3.8, 4) is 0 Å². The second kappa shape index (κ2) is 26.7. The molecule has 0 aliphatic carbocycles. The Balaban J connectivity index is 3.46. The fourth-order valence-electron chi connectivity index (χ4n) is 4.54. The summed E-state index contributed by atoms with van der Waals surface area (Å²) in [5, 5.41) is 0. The summed E-state index contributed by atoms with van der Waals surface area (Å²) in [5.74, 6) is 0. The van der Waals surface area contributed by atoms with Gasteiger partial charge < -0.3 is 4.90 Å². The van der Waals surface area contributed by atoms with E-state index in [0.29, 0.717) is 0 Å². The van der Waals surface area contributed by atoms with Crippen molar-refractivity contribution in [1.82, 2.24) is 4.90 Å². The molecule has 0 aromatic heterocycles. The van der Waals surface area contributed by atoms with Crippen molar-refractivity contribution in [1.29, 1.82) is 0 Å². The normalized spacial score (nSPS) is 13.2. The average molecular weight is 448 g/mol. The Morgan fingerprint density at radius 3 is 1.31 bits per heavy atom. The zero-order valence-corrected chi connectivity index (χ0v) is 22.9. The van der Waals surface area contributed by atoms with Crippen molar-refractivity contribution in [2.45, 2.75) is 161 Å². The van der Waals surface area contributed by atoms with Gasteiger partial charge in [-0.05, 0) is 59.0 Å². The van der Waals surface area contributed by atoms with Crippen molar-refractivity contribution in [3.63, 3.8) is 0 Å². The molecule has 1 unspecified atom stereocenters. The van der Waals surface area contributed by atoms with Gasteiger partial charge >= 0.3 is 0 Å². The smallest absolute Gasteiger partial charge is 0.00891 e. The molecule has 0 spiro atoms. The molecule has 32 heavy (non-hydrogen) atoms. The zero-order valence-electron chi connectivity index (χ0n) is 22.9. The van der Waals surface area contributed by atoms with Gasteiger partial charge in [-0.25, -0.2) is 0 Å². The Bertz CT molecular complexity index is 395. The van der Waals surface area contributed by atoms with Crippen molar-refractivity contribution >= 4 is 0 Å². The summed E-state index contributed by atoms with van der Waals surface area (Å²) in [6, 6.07) is 0.809. The van der Waals surface area contributed by atoms with E-state index in [-0.39, 0.29) is 0 Å². The molecule has 1 nitrogen and oxygen atoms in total. The number of rotatable bonds is 25. The van der Waals surface area contributed by atoms with Crippen LogP contribution in [0.5, 0.6) is 0 Å². The third-order valence-corrected chi connectivity index (χ3v) is 6.86. The van der Waals surface area contributed by atoms with Crippen LogP contribution < -0.4 is 0 Å². The lowest BCUT2D eigenvalue weighted by molar-refractivity contribution is 0.251. The third kappa shape index (κ3) is 24.1. The van der Waals surface area contributed by atoms with Crippen LogP contribution in [-0.4, -0.2) is 25.0 Å². The van der Waals surface area contributed by atoms with E-state index in [1.165, 1.54) is 135 Å². The van der Waals surface area contributed by atoms with Crippen LogP contribution in [0.25, 0.3) is 0 Å². The van der Waals surface area contributed by atoms with Gasteiger partial charge in [-0.1, -0.05) is 134 Å². The number of hydrogen-bond donors (Lipinski definition) is 0. The Hall–Kier alpha value is -0.560. The van der Waals surface area contributed by atoms with Gasteiger partial charge in [-0.15, -0.1) is 0 Å². The maximum Gasteiger partial charge on any atom is 0.00891 e. The molecular formula is C31H61N. The Kier molecular flexibility index (Phi) is 26.2. The monoisotopic (exact) mass is 447 g/mol. The van der Waals surface area contributed by atoms with Crippen LogP contribution >= 0.6 is 0 Å². The van der Waals surface area contributed by atoms with E-state index in [0.717, 1.165) is 12.5 Å². The summed E-state index contributed by atoms with van der Waals surface area (Å²) < 4.78 is 0. The molecule has 0 saturated carbocycles. The van der Waals surface area contributed by atoms with E-state index < -0.39 is 0 Å². The van der Waals surface area contributed by atoms with Crippen LogP contribution in [0.4, 0.5) is 0 Å². The van der Waals surface area contributed by atoms with Crippen molar-refractivity contribution in [2.75, 3.05) is 14.1 Å². The summed E-state index contributed by atoms with van der Waals surface area (Å²) >= 11 is 0. The highest BCUT2D eigenvalue weighted by molar-refractivity contribution is 4.92. The number of hydrogen-bond acceptors (Lipinski definition) is 1. The molecule has 0 amide bonds. The molecule has 0 aliphatic rings. The molecule has 0 heterocycles. The summed E-state index contributed by atoms with van der Waals surface area (Å²) in [6.45, 7) is 4.57. The highest BCUT2D eigenvalue weighted by atomic mass is 15.1. The SMILES string of the molecule is CCCCC/C=C/C/C=C/CCCCCCCCCC(CCCCCCCCC)N(C)C. The van der Waals surface area contributed by atoms with Gasteiger partial charge in [0.2, 0.25) is 0 Å². The molecule has 0 fully saturated rings. The fourth-order valence-corrected chi connectivity index (χ4v) is 4.54. The molecule has 0 rings (SSSR count). The molecule has 1 heteroatoms. The van der Waals surface area contributed by atoms with Gasteiger partial charge in [-0.3, -0.25) is 0 Å². The van der Waals surface area contributed by atoms with E-state index in [9.17, 15) is 0 Å². The molecule has 0 N–H and O–H groups in total. The predicted octanol–water partition coefficient (Wildman–Crippen LogP) is 10.7. The second-order valence-electron chi connectivity index (χ2n) is 10.3. The van der Waals surface area contributed by atoms with Crippen LogP contribution in [0.15, 0.2) is 24.3 Å². The first kappa shape index (κ1) is 31.4. The molecular weight excluding hydrogens is 386 g/mol. The number of unbranched alkanes of at least 4 members (excludes halogenated alkanes) is 16. The minimum Gasteiger partial charge on any atom is -0.306 e. The summed E-state index contributed by atoms with van der Waals surface area (Å²) in [4.78, 5) is 2.48. The molecule has 0 saturated heterocycles. The number of nitrogens with zero attached hydrogens (tertiary/aromatic N) is 1. The molecule has 0 radical (unpaired) electrons. The summed E-state index contributed by atoms with van der Waals surface area (Å²) in [6.07, 6.45) is 39.9. The first-order valence-corrected chi connectivity index (χ1v) is 14.7. The van der Waals surface area contributed by atoms with Gasteiger partial charge in [0.25, 0.3) is 0 Å². The minimum absolute atomic E-state index is 0.809. The maximum absolute atomic E-state index is 2.48. The molecule has 0 aliphatic heterocycles. The maximum atomic E-state index is 2.48. The van der Waals surface area contributed by atoms with Crippen LogP contribution in [0.3, 0.4) is 0 Å². The lowest BCUT2D eigenvalue weighted by Crippen LogP contribution is -2.27. The second-order valence-corrected chi connectivity index (χ2v) is 10.3. The Labute approximate surface area is 204 Å². The molecule has 0 aromatic carbocycles. The number of allylic oxidation sites excluding steroid dienone is 4.